The molecule has 154 valence electrons. The third kappa shape index (κ3) is 3.54. The summed E-state index contributed by atoms with van der Waals surface area (Å²) in [4.78, 5) is 24.6. The van der Waals surface area contributed by atoms with Gasteiger partial charge in [0.25, 0.3) is 21.6 Å². The van der Waals surface area contributed by atoms with Crippen LogP contribution in [-0.2, 0) is 14.8 Å². The highest BCUT2D eigenvalue weighted by Crippen LogP contribution is 2.39. The van der Waals surface area contributed by atoms with Crippen molar-refractivity contribution in [2.24, 2.45) is 0 Å². The van der Waals surface area contributed by atoms with Crippen LogP contribution in [-0.4, -0.2) is 60.4 Å². The van der Waals surface area contributed by atoms with Crippen molar-refractivity contribution >= 4 is 33.0 Å². The zero-order chi connectivity index (χ0) is 20.6. The summed E-state index contributed by atoms with van der Waals surface area (Å²) in [6.45, 7) is 1.29. The first-order chi connectivity index (χ1) is 13.8. The van der Waals surface area contributed by atoms with E-state index in [-0.39, 0.29) is 22.3 Å². The minimum Gasteiger partial charge on any atom is -0.358 e. The van der Waals surface area contributed by atoms with E-state index in [1.54, 1.807) is 22.4 Å². The highest BCUT2D eigenvalue weighted by molar-refractivity contribution is 7.91. The van der Waals surface area contributed by atoms with E-state index in [4.69, 9.17) is 4.74 Å². The van der Waals surface area contributed by atoms with Gasteiger partial charge < -0.3 is 9.64 Å². The summed E-state index contributed by atoms with van der Waals surface area (Å²) in [6, 6.07) is 8.75. The van der Waals surface area contributed by atoms with E-state index in [2.05, 4.69) is 0 Å². The van der Waals surface area contributed by atoms with E-state index in [9.17, 15) is 23.3 Å². The smallest absolute Gasteiger partial charge is 0.269 e. The number of nitro groups is 1. The molecule has 0 atom stereocenters. The molecule has 1 aromatic carbocycles. The third-order valence-electron chi connectivity index (χ3n) is 5.32. The normalized spacial score (nSPS) is 19.5. The number of nitro benzene ring substituents is 1. The second kappa shape index (κ2) is 7.48. The zero-order valence-electron chi connectivity index (χ0n) is 15.4. The molecule has 4 rings (SSSR count). The summed E-state index contributed by atoms with van der Waals surface area (Å²) in [5, 5.41) is 12.5. The predicted octanol–water partition coefficient (Wildman–Crippen LogP) is 2.31. The molecule has 2 aromatic rings. The highest BCUT2D eigenvalue weighted by atomic mass is 32.2. The Balaban J connectivity index is 1.48. The number of benzene rings is 1. The number of non-ortho nitro benzene ring substituents is 1. The maximum absolute atomic E-state index is 13.0. The summed E-state index contributed by atoms with van der Waals surface area (Å²) < 4.78 is 33.6. The number of sulfonamides is 1. The number of rotatable bonds is 4. The molecule has 0 N–H and O–H groups in total. The van der Waals surface area contributed by atoms with Gasteiger partial charge >= 0.3 is 0 Å². The Morgan fingerprint density at radius 2 is 1.83 bits per heavy atom. The Kier molecular flexibility index (Phi) is 5.15. The van der Waals surface area contributed by atoms with E-state index in [1.165, 1.54) is 39.9 Å². The number of nitrogens with zero attached hydrogens (tertiary/aromatic N) is 3. The van der Waals surface area contributed by atoms with Crippen molar-refractivity contribution < 1.29 is 22.9 Å². The average Bonchev–Trinajstić information content (AvgIpc) is 3.39. The van der Waals surface area contributed by atoms with Crippen molar-refractivity contribution in [3.05, 3.63) is 57.5 Å². The van der Waals surface area contributed by atoms with Crippen molar-refractivity contribution in [3.63, 3.8) is 0 Å². The highest BCUT2D eigenvalue weighted by Gasteiger charge is 2.51. The Labute approximate surface area is 171 Å². The van der Waals surface area contributed by atoms with Crippen LogP contribution in [0.4, 0.5) is 5.69 Å². The van der Waals surface area contributed by atoms with Gasteiger partial charge in [0.1, 0.15) is 9.93 Å². The molecule has 1 aromatic heterocycles. The lowest BCUT2D eigenvalue weighted by atomic mass is 10.00. The molecule has 2 aliphatic rings. The molecule has 29 heavy (non-hydrogen) atoms. The number of carbonyl (C=O) groups excluding carboxylic acids is 1. The molecule has 0 aliphatic carbocycles. The molecule has 11 heteroatoms. The van der Waals surface area contributed by atoms with Gasteiger partial charge in [-0.2, -0.15) is 4.31 Å². The number of piperidine rings is 1. The molecule has 9 nitrogen and oxygen atoms in total. The fourth-order valence-electron chi connectivity index (χ4n) is 3.81. The van der Waals surface area contributed by atoms with E-state index in [0.717, 1.165) is 0 Å². The summed E-state index contributed by atoms with van der Waals surface area (Å²) in [7, 11) is -3.65. The molecule has 3 heterocycles. The van der Waals surface area contributed by atoms with Crippen molar-refractivity contribution in [1.82, 2.24) is 9.21 Å². The molecule has 1 amide bonds. The van der Waals surface area contributed by atoms with Crippen molar-refractivity contribution in [2.75, 3.05) is 26.2 Å². The maximum atomic E-state index is 13.0. The van der Waals surface area contributed by atoms with E-state index in [1.807, 2.05) is 0 Å². The number of hydrogen-bond donors (Lipinski definition) is 0. The summed E-state index contributed by atoms with van der Waals surface area (Å²) in [5.74, 6) is -0.236. The van der Waals surface area contributed by atoms with Crippen LogP contribution in [0.1, 0.15) is 23.2 Å². The molecule has 2 saturated heterocycles. The number of hydrogen-bond acceptors (Lipinski definition) is 7. The Morgan fingerprint density at radius 1 is 1.14 bits per heavy atom. The van der Waals surface area contributed by atoms with E-state index < -0.39 is 20.7 Å². The molecule has 2 fully saturated rings. The minimum atomic E-state index is -3.65. The zero-order valence-corrected chi connectivity index (χ0v) is 17.0. The standard InChI is InChI=1S/C18H19N3O6S2/c22-17(14-3-5-15(6-4-14)21(23)24)19-9-7-18(8-10-19)20(11-12-27-18)29(25,26)16-2-1-13-28-16/h1-6,13H,7-12H2. The lowest BCUT2D eigenvalue weighted by Crippen LogP contribution is -2.55. The van der Waals surface area contributed by atoms with Gasteiger partial charge in [0, 0.05) is 50.2 Å². The number of carbonyl (C=O) groups is 1. The Bertz CT molecular complexity index is 1010. The second-order valence-corrected chi connectivity index (χ2v) is 9.94. The fraction of sp³-hybridized carbons (Fsp3) is 0.389. The van der Waals surface area contributed by atoms with Gasteiger partial charge in [-0.15, -0.1) is 11.3 Å². The first kappa shape index (κ1) is 20.0. The van der Waals surface area contributed by atoms with Crippen LogP contribution >= 0.6 is 11.3 Å². The second-order valence-electron chi connectivity index (χ2n) is 6.90. The van der Waals surface area contributed by atoms with Crippen molar-refractivity contribution in [2.45, 2.75) is 22.8 Å². The van der Waals surface area contributed by atoms with Crippen molar-refractivity contribution in [3.8, 4) is 0 Å². The molecular weight excluding hydrogens is 418 g/mol. The molecule has 0 saturated carbocycles. The SMILES string of the molecule is O=C(c1ccc([N+](=O)[O-])cc1)N1CCC2(CC1)OCCN2S(=O)(=O)c1cccs1. The minimum absolute atomic E-state index is 0.0760. The van der Waals surface area contributed by atoms with Crippen LogP contribution < -0.4 is 0 Å². The maximum Gasteiger partial charge on any atom is 0.269 e. The Morgan fingerprint density at radius 3 is 2.41 bits per heavy atom. The molecular formula is C18H19N3O6S2. The monoisotopic (exact) mass is 437 g/mol. The topological polar surface area (TPSA) is 110 Å². The van der Waals surface area contributed by atoms with Gasteiger partial charge in [-0.1, -0.05) is 6.07 Å². The van der Waals surface area contributed by atoms with Crippen molar-refractivity contribution in [1.29, 1.82) is 0 Å². The van der Waals surface area contributed by atoms with Crippen LogP contribution in [0.5, 0.6) is 0 Å². The number of likely N-dealkylation sites (tertiary alicyclic amines) is 1. The predicted molar refractivity (Wildman–Crippen MR) is 105 cm³/mol. The molecule has 1 spiro atoms. The fourth-order valence-corrected chi connectivity index (χ4v) is 6.64. The van der Waals surface area contributed by atoms with Gasteiger partial charge in [-0.3, -0.25) is 14.9 Å². The van der Waals surface area contributed by atoms with Crippen LogP contribution in [0.3, 0.4) is 0 Å². The molecule has 0 unspecified atom stereocenters. The third-order valence-corrected chi connectivity index (χ3v) is 8.64. The lowest BCUT2D eigenvalue weighted by Gasteiger charge is -2.42. The van der Waals surface area contributed by atoms with Gasteiger partial charge in [0.05, 0.1) is 11.5 Å². The quantitative estimate of drug-likeness (QED) is 0.536. The number of thiophene rings is 1. The summed E-state index contributed by atoms with van der Waals surface area (Å²) >= 11 is 1.17. The van der Waals surface area contributed by atoms with Gasteiger partial charge in [0.15, 0.2) is 0 Å². The van der Waals surface area contributed by atoms with Gasteiger partial charge in [-0.05, 0) is 23.6 Å². The first-order valence-electron chi connectivity index (χ1n) is 9.08. The van der Waals surface area contributed by atoms with Gasteiger partial charge in [-0.25, -0.2) is 8.42 Å². The molecule has 0 bridgehead atoms. The summed E-state index contributed by atoms with van der Waals surface area (Å²) in [5.41, 5.74) is -0.649. The van der Waals surface area contributed by atoms with Crippen LogP contribution in [0.15, 0.2) is 46.0 Å². The van der Waals surface area contributed by atoms with Crippen LogP contribution in [0.2, 0.25) is 0 Å². The van der Waals surface area contributed by atoms with E-state index >= 15 is 0 Å². The average molecular weight is 437 g/mol. The van der Waals surface area contributed by atoms with E-state index in [0.29, 0.717) is 38.1 Å². The van der Waals surface area contributed by atoms with Crippen LogP contribution in [0.25, 0.3) is 0 Å². The Hall–Kier alpha value is -2.34. The van der Waals surface area contributed by atoms with Gasteiger partial charge in [0.2, 0.25) is 0 Å². The molecule has 0 radical (unpaired) electrons. The number of ether oxygens (including phenoxy) is 1. The van der Waals surface area contributed by atoms with Crippen LogP contribution in [0, 0.1) is 10.1 Å². The lowest BCUT2D eigenvalue weighted by molar-refractivity contribution is -0.384. The number of amides is 1. The largest absolute Gasteiger partial charge is 0.358 e. The summed E-state index contributed by atoms with van der Waals surface area (Å²) in [6.07, 6.45) is 0.743. The first-order valence-corrected chi connectivity index (χ1v) is 11.4. The molecule has 2 aliphatic heterocycles.